The maximum atomic E-state index is 15.0. The number of hydrogen-bond acceptors (Lipinski definition) is 9. The van der Waals surface area contributed by atoms with E-state index in [-0.39, 0.29) is 10.6 Å². The standard InChI is InChI=1S/C28H21F2N7S2/c1-17-34-35-27(38-17)37-28(11-4-12-31,39-26(36-37)22-14-21(29)9-10-24(22)30)23-8-3-7-20(16-33)25(23)19-6-2-5-18(13-19)15-32/h2-3,5-10,13-14H,4,11-12,31H2,1H3. The highest BCUT2D eigenvalue weighted by molar-refractivity contribution is 8.15. The van der Waals surface area contributed by atoms with Gasteiger partial charge in [0.25, 0.3) is 0 Å². The van der Waals surface area contributed by atoms with Crippen molar-refractivity contribution in [3.63, 3.8) is 0 Å². The smallest absolute Gasteiger partial charge is 0.230 e. The highest BCUT2D eigenvalue weighted by Gasteiger charge is 2.49. The molecule has 3 aromatic carbocycles. The molecule has 1 unspecified atom stereocenters. The Labute approximate surface area is 232 Å². The second-order valence-electron chi connectivity index (χ2n) is 8.76. The number of aromatic nitrogens is 2. The number of nitrogens with two attached hydrogens (primary N) is 1. The Morgan fingerprint density at radius 1 is 1.03 bits per heavy atom. The average molecular weight is 558 g/mol. The summed E-state index contributed by atoms with van der Waals surface area (Å²) in [5.74, 6) is -1.20. The number of aryl methyl sites for hydroxylation is 1. The molecule has 0 bridgehead atoms. The van der Waals surface area contributed by atoms with Gasteiger partial charge in [-0.25, -0.2) is 13.8 Å². The fourth-order valence-electron chi connectivity index (χ4n) is 4.56. The van der Waals surface area contributed by atoms with Crippen molar-refractivity contribution >= 4 is 33.3 Å². The van der Waals surface area contributed by atoms with Crippen molar-refractivity contribution in [3.8, 4) is 23.3 Å². The Morgan fingerprint density at radius 3 is 2.56 bits per heavy atom. The number of hydrogen-bond donors (Lipinski definition) is 1. The zero-order valence-corrected chi connectivity index (χ0v) is 22.4. The topological polar surface area (TPSA) is 115 Å². The minimum Gasteiger partial charge on any atom is -0.330 e. The lowest BCUT2D eigenvalue weighted by atomic mass is 9.88. The van der Waals surface area contributed by atoms with Crippen molar-refractivity contribution in [1.82, 2.24) is 10.2 Å². The summed E-state index contributed by atoms with van der Waals surface area (Å²) in [5, 5.41) is 36.1. The summed E-state index contributed by atoms with van der Waals surface area (Å²) >= 11 is 2.57. The Bertz CT molecular complexity index is 1670. The van der Waals surface area contributed by atoms with Crippen LogP contribution >= 0.6 is 23.1 Å². The van der Waals surface area contributed by atoms with Crippen LogP contribution in [0.3, 0.4) is 0 Å². The third-order valence-electron chi connectivity index (χ3n) is 6.26. The monoisotopic (exact) mass is 557 g/mol. The molecule has 0 aliphatic carbocycles. The van der Waals surface area contributed by atoms with E-state index in [2.05, 4.69) is 22.3 Å². The van der Waals surface area contributed by atoms with Gasteiger partial charge in [-0.1, -0.05) is 47.4 Å². The number of hydrazone groups is 1. The molecule has 7 nitrogen and oxygen atoms in total. The predicted molar refractivity (Wildman–Crippen MR) is 149 cm³/mol. The molecule has 0 radical (unpaired) electrons. The van der Waals surface area contributed by atoms with E-state index in [0.29, 0.717) is 57.3 Å². The van der Waals surface area contributed by atoms with Gasteiger partial charge in [0.1, 0.15) is 26.6 Å². The average Bonchev–Trinajstić information content (AvgIpc) is 3.56. The van der Waals surface area contributed by atoms with Gasteiger partial charge in [-0.15, -0.1) is 10.2 Å². The molecule has 1 aliphatic heterocycles. The molecule has 1 aromatic heterocycles. The molecule has 0 saturated heterocycles. The van der Waals surface area contributed by atoms with Crippen molar-refractivity contribution in [2.75, 3.05) is 11.6 Å². The molecular weight excluding hydrogens is 536 g/mol. The molecule has 0 saturated carbocycles. The van der Waals surface area contributed by atoms with Gasteiger partial charge >= 0.3 is 0 Å². The highest BCUT2D eigenvalue weighted by atomic mass is 32.2. The molecule has 1 aliphatic rings. The third-order valence-corrected chi connectivity index (χ3v) is 8.50. The summed E-state index contributed by atoms with van der Waals surface area (Å²) < 4.78 is 29.3. The Hall–Kier alpha value is -4.16. The van der Waals surface area contributed by atoms with Gasteiger partial charge in [0.2, 0.25) is 5.13 Å². The normalized spacial score (nSPS) is 16.6. The fraction of sp³-hybridized carbons (Fsp3) is 0.179. The molecule has 0 spiro atoms. The quantitative estimate of drug-likeness (QED) is 0.294. The number of nitrogens with zero attached hydrogens (tertiary/aromatic N) is 6. The summed E-state index contributed by atoms with van der Waals surface area (Å²) in [7, 11) is 0. The molecule has 2 N–H and O–H groups in total. The molecule has 39 heavy (non-hydrogen) atoms. The van der Waals surface area contributed by atoms with Gasteiger partial charge in [-0.05, 0) is 73.8 Å². The maximum Gasteiger partial charge on any atom is 0.230 e. The van der Waals surface area contributed by atoms with Crippen molar-refractivity contribution in [3.05, 3.63) is 99.6 Å². The zero-order chi connectivity index (χ0) is 27.6. The number of anilines is 1. The van der Waals surface area contributed by atoms with E-state index >= 15 is 4.39 Å². The molecule has 2 heterocycles. The molecule has 11 heteroatoms. The molecule has 5 rings (SSSR count). The van der Waals surface area contributed by atoms with Gasteiger partial charge in [-0.3, -0.25) is 0 Å². The molecule has 194 valence electrons. The Morgan fingerprint density at radius 2 is 1.85 bits per heavy atom. The minimum absolute atomic E-state index is 0.0188. The van der Waals surface area contributed by atoms with Gasteiger partial charge in [-0.2, -0.15) is 15.6 Å². The van der Waals surface area contributed by atoms with Crippen LogP contribution in [0.15, 0.2) is 65.8 Å². The van der Waals surface area contributed by atoms with Crippen molar-refractivity contribution in [1.29, 1.82) is 10.5 Å². The van der Waals surface area contributed by atoms with Gasteiger partial charge < -0.3 is 5.73 Å². The van der Waals surface area contributed by atoms with E-state index < -0.39 is 16.5 Å². The SMILES string of the molecule is Cc1nnc(N2N=C(c3cc(F)ccc3F)SC2(CCCN)c2cccc(C#N)c2-c2cccc(C#N)c2)s1. The number of nitriles is 2. The first-order valence-electron chi connectivity index (χ1n) is 12.0. The molecule has 0 fully saturated rings. The number of benzene rings is 3. The second-order valence-corrected chi connectivity index (χ2v) is 11.2. The number of halogens is 2. The minimum atomic E-state index is -1.04. The van der Waals surface area contributed by atoms with E-state index in [0.717, 1.165) is 18.2 Å². The van der Waals surface area contributed by atoms with Crippen LogP contribution in [0.1, 0.15) is 40.1 Å². The first kappa shape index (κ1) is 26.4. The van der Waals surface area contributed by atoms with E-state index in [1.165, 1.54) is 23.1 Å². The molecular formula is C28H21F2N7S2. The van der Waals surface area contributed by atoms with Crippen LogP contribution in [0.5, 0.6) is 0 Å². The number of thioether (sulfide) groups is 1. The van der Waals surface area contributed by atoms with Crippen LogP contribution in [0.4, 0.5) is 13.9 Å². The van der Waals surface area contributed by atoms with E-state index in [9.17, 15) is 14.9 Å². The lowest BCUT2D eigenvalue weighted by Gasteiger charge is -2.37. The van der Waals surface area contributed by atoms with Crippen LogP contribution in [0.25, 0.3) is 11.1 Å². The summed E-state index contributed by atoms with van der Waals surface area (Å²) in [6.07, 6.45) is 1.00. The zero-order valence-electron chi connectivity index (χ0n) is 20.7. The number of rotatable bonds is 7. The lowest BCUT2D eigenvalue weighted by Crippen LogP contribution is -2.38. The Kier molecular flexibility index (Phi) is 7.40. The van der Waals surface area contributed by atoms with Crippen LogP contribution in [-0.2, 0) is 4.87 Å². The molecule has 0 amide bonds. The van der Waals surface area contributed by atoms with Gasteiger partial charge in [0, 0.05) is 11.1 Å². The molecule has 1 atom stereocenters. The first-order valence-corrected chi connectivity index (χ1v) is 13.6. The van der Waals surface area contributed by atoms with Crippen LogP contribution in [0, 0.1) is 41.2 Å². The van der Waals surface area contributed by atoms with Gasteiger partial charge in [0.05, 0.1) is 23.3 Å². The van der Waals surface area contributed by atoms with E-state index in [1.807, 2.05) is 19.1 Å². The van der Waals surface area contributed by atoms with Crippen LogP contribution < -0.4 is 10.7 Å². The lowest BCUT2D eigenvalue weighted by molar-refractivity contribution is 0.526. The molecule has 4 aromatic rings. The van der Waals surface area contributed by atoms with E-state index in [1.54, 1.807) is 35.3 Å². The fourth-order valence-corrected chi connectivity index (χ4v) is 6.78. The van der Waals surface area contributed by atoms with Crippen molar-refractivity contribution in [2.45, 2.75) is 24.6 Å². The van der Waals surface area contributed by atoms with Crippen molar-refractivity contribution < 1.29 is 8.78 Å². The maximum absolute atomic E-state index is 15.0. The van der Waals surface area contributed by atoms with Crippen LogP contribution in [0.2, 0.25) is 0 Å². The second kappa shape index (κ2) is 10.9. The summed E-state index contributed by atoms with van der Waals surface area (Å²) in [4.78, 5) is -1.04. The van der Waals surface area contributed by atoms with Crippen molar-refractivity contribution in [2.24, 2.45) is 10.8 Å². The predicted octanol–water partition coefficient (Wildman–Crippen LogP) is 6.04. The first-order chi connectivity index (χ1) is 18.9. The largest absolute Gasteiger partial charge is 0.330 e. The Balaban J connectivity index is 1.80. The van der Waals surface area contributed by atoms with Gasteiger partial charge in [0.15, 0.2) is 0 Å². The summed E-state index contributed by atoms with van der Waals surface area (Å²) in [5.41, 5.74) is 8.83. The third kappa shape index (κ3) is 4.88. The van der Waals surface area contributed by atoms with E-state index in [4.69, 9.17) is 10.8 Å². The summed E-state index contributed by atoms with van der Waals surface area (Å²) in [6.45, 7) is 2.18. The summed E-state index contributed by atoms with van der Waals surface area (Å²) in [6, 6.07) is 20.1. The highest BCUT2D eigenvalue weighted by Crippen LogP contribution is 2.55. The van der Waals surface area contributed by atoms with Crippen LogP contribution in [-0.4, -0.2) is 21.8 Å².